The summed E-state index contributed by atoms with van der Waals surface area (Å²) in [6.45, 7) is 3.00. The van der Waals surface area contributed by atoms with Gasteiger partial charge in [-0.15, -0.1) is 0 Å². The first-order valence-corrected chi connectivity index (χ1v) is 17.8. The molecule has 4 aromatic rings. The number of carboxylic acid groups (broad SMARTS) is 1. The largest absolute Gasteiger partial charge is 0.465 e. The number of fused-ring (bicyclic) bond motifs is 2. The van der Waals surface area contributed by atoms with Crippen LogP contribution < -0.4 is 4.90 Å². The number of nitrogens with zero attached hydrogens (tertiary/aromatic N) is 3. The van der Waals surface area contributed by atoms with Crippen LogP contribution in [0.1, 0.15) is 47.4 Å². The first kappa shape index (κ1) is 35.5. The fourth-order valence-corrected chi connectivity index (χ4v) is 8.16. The molecule has 0 radical (unpaired) electrons. The number of oxime groups is 1. The van der Waals surface area contributed by atoms with E-state index in [2.05, 4.69) is 16.1 Å². The summed E-state index contributed by atoms with van der Waals surface area (Å²) in [5.41, 5.74) is 4.87. The van der Waals surface area contributed by atoms with Crippen molar-refractivity contribution in [2.24, 2.45) is 5.16 Å². The molecule has 0 aliphatic carbocycles. The molecule has 2 aliphatic heterocycles. The number of amides is 1. The predicted octanol–water partition coefficient (Wildman–Crippen LogP) is 9.96. The first-order chi connectivity index (χ1) is 23.7. The molecule has 6 rings (SSSR count). The van der Waals surface area contributed by atoms with Gasteiger partial charge in [0.25, 0.3) is 0 Å². The van der Waals surface area contributed by atoms with Crippen LogP contribution in [0.3, 0.4) is 0 Å². The molecule has 2 aliphatic rings. The van der Waals surface area contributed by atoms with Crippen molar-refractivity contribution >= 4 is 63.9 Å². The van der Waals surface area contributed by atoms with Gasteiger partial charge in [0.2, 0.25) is 0 Å². The molecule has 1 spiro atoms. The summed E-state index contributed by atoms with van der Waals surface area (Å²) in [5.74, 6) is -0.345. The molecule has 256 valence electrons. The zero-order chi connectivity index (χ0) is 34.5. The lowest BCUT2D eigenvalue weighted by molar-refractivity contribution is 0.0794. The molecule has 2 atom stereocenters. The second kappa shape index (κ2) is 15.7. The van der Waals surface area contributed by atoms with Crippen molar-refractivity contribution in [1.82, 2.24) is 4.90 Å². The number of anilines is 1. The Labute approximate surface area is 306 Å². The van der Waals surface area contributed by atoms with Gasteiger partial charge >= 0.3 is 6.09 Å². The summed E-state index contributed by atoms with van der Waals surface area (Å²) in [6.07, 6.45) is 1.27. The average Bonchev–Trinajstić information content (AvgIpc) is 3.41. The lowest BCUT2D eigenvalue weighted by Gasteiger charge is -2.40. The molecular formula is C38H37Cl4N3O4. The van der Waals surface area contributed by atoms with E-state index in [-0.39, 0.29) is 17.9 Å². The number of hydrogen-bond donors (Lipinski definition) is 2. The monoisotopic (exact) mass is 739 g/mol. The van der Waals surface area contributed by atoms with Crippen LogP contribution in [0.25, 0.3) is 0 Å². The molecule has 2 unspecified atom stereocenters. The normalized spacial score (nSPS) is 17.2. The maximum absolute atomic E-state index is 12.1. The highest BCUT2D eigenvalue weighted by molar-refractivity contribution is 6.42. The second-order valence-corrected chi connectivity index (χ2v) is 14.5. The number of likely N-dealkylation sites (tertiary alicyclic amines) is 1. The van der Waals surface area contributed by atoms with Gasteiger partial charge in [-0.25, -0.2) is 4.79 Å². The van der Waals surface area contributed by atoms with Crippen molar-refractivity contribution in [2.45, 2.75) is 49.7 Å². The van der Waals surface area contributed by atoms with Crippen LogP contribution in [0.4, 0.5) is 10.5 Å². The molecule has 4 aromatic carbocycles. The highest BCUT2D eigenvalue weighted by Crippen LogP contribution is 2.47. The zero-order valence-electron chi connectivity index (χ0n) is 26.7. The van der Waals surface area contributed by atoms with Gasteiger partial charge in [0.1, 0.15) is 6.10 Å². The van der Waals surface area contributed by atoms with E-state index in [9.17, 15) is 15.1 Å². The fourth-order valence-electron chi connectivity index (χ4n) is 7.29. The van der Waals surface area contributed by atoms with Crippen molar-refractivity contribution in [1.29, 1.82) is 0 Å². The third-order valence-corrected chi connectivity index (χ3v) is 11.0. The van der Waals surface area contributed by atoms with Crippen LogP contribution in [0.15, 0.2) is 96.2 Å². The van der Waals surface area contributed by atoms with Gasteiger partial charge in [0.05, 0.1) is 28.1 Å². The van der Waals surface area contributed by atoms with Gasteiger partial charge in [-0.1, -0.05) is 106 Å². The molecule has 1 amide bonds. The van der Waals surface area contributed by atoms with Gasteiger partial charge in [-0.3, -0.25) is 4.90 Å². The zero-order valence-corrected chi connectivity index (χ0v) is 29.8. The molecule has 0 bridgehead atoms. The number of benzene rings is 4. The summed E-state index contributed by atoms with van der Waals surface area (Å²) in [4.78, 5) is 16.0. The van der Waals surface area contributed by atoms with E-state index >= 15 is 0 Å². The van der Waals surface area contributed by atoms with Crippen molar-refractivity contribution in [3.63, 3.8) is 0 Å². The van der Waals surface area contributed by atoms with Gasteiger partial charge in [0, 0.05) is 34.3 Å². The van der Waals surface area contributed by atoms with E-state index in [0.717, 1.165) is 53.9 Å². The number of para-hydroxylation sites is 1. The number of piperidine rings is 1. The van der Waals surface area contributed by atoms with Crippen LogP contribution in [0.2, 0.25) is 20.1 Å². The van der Waals surface area contributed by atoms with Crippen LogP contribution in [-0.4, -0.2) is 59.3 Å². The molecular weight excluding hydrogens is 704 g/mol. The maximum atomic E-state index is 12.1. The van der Waals surface area contributed by atoms with E-state index < -0.39 is 12.2 Å². The van der Waals surface area contributed by atoms with E-state index in [0.29, 0.717) is 51.7 Å². The Bertz CT molecular complexity index is 1790. The Balaban J connectivity index is 1.24. The molecule has 11 heteroatoms. The quantitative estimate of drug-likeness (QED) is 0.0909. The Kier molecular flexibility index (Phi) is 11.4. The number of halogens is 4. The standard InChI is InChI=1S/C38H37Cl4N3O4/c39-28-18-26(19-29(40)22-28)23-49-35(20-25-6-2-1-3-7-25)36(43-48)30(27-10-11-32(41)33(42)21-27)12-15-44-16-13-38(14-17-44)24-45(37(46)47)34-9-5-4-8-31(34)38/h1-11,18-19,21-22,30,35,48H,12-17,20,23-24H2,(H,46,47). The third-order valence-electron chi connectivity index (χ3n) is 9.79. The molecule has 1 fully saturated rings. The Morgan fingerprint density at radius 2 is 1.55 bits per heavy atom. The van der Waals surface area contributed by atoms with Crippen molar-refractivity contribution < 1.29 is 19.8 Å². The molecule has 49 heavy (non-hydrogen) atoms. The van der Waals surface area contributed by atoms with E-state index in [1.54, 1.807) is 24.3 Å². The number of rotatable bonds is 11. The number of hydrogen-bond acceptors (Lipinski definition) is 5. The number of ether oxygens (including phenoxy) is 1. The SMILES string of the molecule is O=C(O)N1CC2(CCN(CCC(C(=NO)C(Cc3ccccc3)OCc3cc(Cl)cc(Cl)c3)c3ccc(Cl)c(Cl)c3)CC2)c2ccccc21. The Morgan fingerprint density at radius 1 is 0.857 bits per heavy atom. The van der Waals surface area contributed by atoms with E-state index in [1.807, 2.05) is 60.7 Å². The average molecular weight is 742 g/mol. The third kappa shape index (κ3) is 8.20. The molecule has 1 saturated heterocycles. The van der Waals surface area contributed by atoms with E-state index in [4.69, 9.17) is 51.1 Å². The minimum Gasteiger partial charge on any atom is -0.465 e. The summed E-state index contributed by atoms with van der Waals surface area (Å²) in [7, 11) is 0. The predicted molar refractivity (Wildman–Crippen MR) is 197 cm³/mol. The highest BCUT2D eigenvalue weighted by Gasteiger charge is 2.46. The van der Waals surface area contributed by atoms with Crippen LogP contribution in [-0.2, 0) is 23.2 Å². The minimum absolute atomic E-state index is 0.202. The van der Waals surface area contributed by atoms with Gasteiger partial charge in [-0.2, -0.15) is 0 Å². The minimum atomic E-state index is -0.919. The van der Waals surface area contributed by atoms with Crippen molar-refractivity contribution in [2.75, 3.05) is 31.1 Å². The molecule has 0 aromatic heterocycles. The lowest BCUT2D eigenvalue weighted by Crippen LogP contribution is -2.46. The smallest absolute Gasteiger partial charge is 0.411 e. The van der Waals surface area contributed by atoms with E-state index in [1.165, 1.54) is 4.90 Å². The first-order valence-electron chi connectivity index (χ1n) is 16.3. The summed E-state index contributed by atoms with van der Waals surface area (Å²) < 4.78 is 6.54. The van der Waals surface area contributed by atoms with Crippen LogP contribution in [0.5, 0.6) is 0 Å². The maximum Gasteiger partial charge on any atom is 0.411 e. The van der Waals surface area contributed by atoms with Gasteiger partial charge in [0.15, 0.2) is 0 Å². The summed E-state index contributed by atoms with van der Waals surface area (Å²) in [6, 6.07) is 28.6. The summed E-state index contributed by atoms with van der Waals surface area (Å²) >= 11 is 25.4. The second-order valence-electron chi connectivity index (χ2n) is 12.8. The van der Waals surface area contributed by atoms with Crippen LogP contribution >= 0.6 is 46.4 Å². The topological polar surface area (TPSA) is 85.6 Å². The highest BCUT2D eigenvalue weighted by atomic mass is 35.5. The summed E-state index contributed by atoms with van der Waals surface area (Å²) in [5, 5.41) is 26.4. The Morgan fingerprint density at radius 3 is 2.22 bits per heavy atom. The van der Waals surface area contributed by atoms with Crippen LogP contribution in [0, 0.1) is 0 Å². The Hall–Kier alpha value is -3.30. The lowest BCUT2D eigenvalue weighted by atomic mass is 9.74. The van der Waals surface area contributed by atoms with Gasteiger partial charge in [-0.05, 0) is 97.5 Å². The molecule has 2 N–H and O–H groups in total. The molecule has 7 nitrogen and oxygen atoms in total. The van der Waals surface area contributed by atoms with Gasteiger partial charge < -0.3 is 20.0 Å². The number of carbonyl (C=O) groups is 1. The molecule has 0 saturated carbocycles. The van der Waals surface area contributed by atoms with Crippen molar-refractivity contribution in [3.8, 4) is 0 Å². The fraction of sp³-hybridized carbons (Fsp3) is 0.316. The molecule has 2 heterocycles. The van der Waals surface area contributed by atoms with Crippen molar-refractivity contribution in [3.05, 3.63) is 133 Å².